The van der Waals surface area contributed by atoms with E-state index in [1.165, 1.54) is 0 Å². The largest absolute Gasteiger partial charge is 0.497 e. The van der Waals surface area contributed by atoms with Crippen LogP contribution in [0.1, 0.15) is 31.2 Å². The second-order valence-corrected chi connectivity index (χ2v) is 7.47. The number of carbonyl (C=O) groups excluding carboxylic acids is 1. The van der Waals surface area contributed by atoms with Crippen LogP contribution in [0.2, 0.25) is 0 Å². The maximum absolute atomic E-state index is 13.0. The fourth-order valence-electron chi connectivity index (χ4n) is 4.51. The second kappa shape index (κ2) is 7.31. The summed E-state index contributed by atoms with van der Waals surface area (Å²) in [6, 6.07) is 8.86. The molecule has 2 amide bonds. The van der Waals surface area contributed by atoms with Crippen LogP contribution in [-0.2, 0) is 5.60 Å². The summed E-state index contributed by atoms with van der Waals surface area (Å²) >= 11 is 0. The van der Waals surface area contributed by atoms with E-state index in [9.17, 15) is 9.90 Å². The number of ether oxygens (including phenoxy) is 2. The Kier molecular flexibility index (Phi) is 4.85. The molecule has 148 valence electrons. The lowest BCUT2D eigenvalue weighted by Gasteiger charge is -2.43. The van der Waals surface area contributed by atoms with Crippen molar-refractivity contribution in [2.75, 3.05) is 19.5 Å². The van der Waals surface area contributed by atoms with Crippen molar-refractivity contribution in [2.24, 2.45) is 0 Å². The lowest BCUT2D eigenvalue weighted by molar-refractivity contribution is -0.0424. The molecule has 0 spiro atoms. The normalized spacial score (nSPS) is 26.0. The number of aromatic nitrogens is 1. The van der Waals surface area contributed by atoms with Gasteiger partial charge >= 0.3 is 6.03 Å². The Labute approximate surface area is 164 Å². The van der Waals surface area contributed by atoms with Crippen LogP contribution in [-0.4, -0.2) is 47.3 Å². The number of hydrogen-bond acceptors (Lipinski definition) is 5. The summed E-state index contributed by atoms with van der Waals surface area (Å²) in [6.45, 7) is 0. The number of benzene rings is 1. The molecular weight excluding hydrogens is 358 g/mol. The zero-order chi connectivity index (χ0) is 19.7. The van der Waals surface area contributed by atoms with Crippen molar-refractivity contribution in [3.8, 4) is 11.5 Å². The number of amides is 2. The topological polar surface area (TPSA) is 83.9 Å². The number of pyridine rings is 1. The van der Waals surface area contributed by atoms with Crippen molar-refractivity contribution >= 4 is 11.7 Å². The van der Waals surface area contributed by atoms with Crippen molar-refractivity contribution in [3.05, 3.63) is 48.3 Å². The molecule has 3 atom stereocenters. The summed E-state index contributed by atoms with van der Waals surface area (Å²) in [5.74, 6) is 1.21. The predicted molar refractivity (Wildman–Crippen MR) is 105 cm³/mol. The highest BCUT2D eigenvalue weighted by molar-refractivity contribution is 5.92. The van der Waals surface area contributed by atoms with Crippen LogP contribution in [0.4, 0.5) is 10.5 Å². The van der Waals surface area contributed by atoms with E-state index in [2.05, 4.69) is 10.3 Å². The van der Waals surface area contributed by atoms with E-state index < -0.39 is 5.60 Å². The molecule has 2 aromatic rings. The molecule has 1 aromatic heterocycles. The molecule has 3 heterocycles. The Morgan fingerprint density at radius 3 is 2.57 bits per heavy atom. The van der Waals surface area contributed by atoms with Crippen LogP contribution >= 0.6 is 0 Å². The molecule has 2 aliphatic rings. The Morgan fingerprint density at radius 2 is 1.96 bits per heavy atom. The first kappa shape index (κ1) is 18.6. The van der Waals surface area contributed by atoms with Gasteiger partial charge < -0.3 is 24.8 Å². The third-order valence-corrected chi connectivity index (χ3v) is 5.85. The van der Waals surface area contributed by atoms with E-state index in [1.54, 1.807) is 44.8 Å². The monoisotopic (exact) mass is 383 g/mol. The molecular formula is C21H25N3O4. The second-order valence-electron chi connectivity index (χ2n) is 7.47. The third-order valence-electron chi connectivity index (χ3n) is 5.85. The molecule has 2 aliphatic heterocycles. The first-order valence-electron chi connectivity index (χ1n) is 9.48. The van der Waals surface area contributed by atoms with Crippen molar-refractivity contribution in [1.29, 1.82) is 0 Å². The fourth-order valence-corrected chi connectivity index (χ4v) is 4.51. The summed E-state index contributed by atoms with van der Waals surface area (Å²) in [6.07, 6.45) is 6.23. The van der Waals surface area contributed by atoms with Gasteiger partial charge in [0.05, 0.1) is 25.5 Å². The Bertz CT molecular complexity index is 844. The number of carbonyl (C=O) groups is 1. The molecule has 2 N–H and O–H groups in total. The SMILES string of the molecule is COc1ccc(NC(=O)N2[C@@H]3CC[C@H]2CC(O)(c2cccnc2)C3)c(OC)c1. The van der Waals surface area contributed by atoms with E-state index in [4.69, 9.17) is 9.47 Å². The number of nitrogens with zero attached hydrogens (tertiary/aromatic N) is 2. The highest BCUT2D eigenvalue weighted by Crippen LogP contribution is 2.46. The minimum atomic E-state index is -0.936. The number of aliphatic hydroxyl groups is 1. The molecule has 4 rings (SSSR count). The molecule has 2 saturated heterocycles. The van der Waals surface area contributed by atoms with Gasteiger partial charge in [-0.05, 0) is 31.0 Å². The lowest BCUT2D eigenvalue weighted by atomic mass is 9.81. The van der Waals surface area contributed by atoms with Gasteiger partial charge in [-0.15, -0.1) is 0 Å². The first-order chi connectivity index (χ1) is 13.5. The van der Waals surface area contributed by atoms with E-state index in [0.717, 1.165) is 18.4 Å². The zero-order valence-corrected chi connectivity index (χ0v) is 16.1. The van der Waals surface area contributed by atoms with Gasteiger partial charge in [0, 0.05) is 48.9 Å². The molecule has 0 aliphatic carbocycles. The summed E-state index contributed by atoms with van der Waals surface area (Å²) in [7, 11) is 3.14. The summed E-state index contributed by atoms with van der Waals surface area (Å²) in [5.41, 5.74) is 0.485. The zero-order valence-electron chi connectivity index (χ0n) is 16.1. The minimum absolute atomic E-state index is 0.00630. The Morgan fingerprint density at radius 1 is 1.21 bits per heavy atom. The van der Waals surface area contributed by atoms with Gasteiger partial charge in [-0.2, -0.15) is 0 Å². The van der Waals surface area contributed by atoms with Crippen LogP contribution < -0.4 is 14.8 Å². The molecule has 1 unspecified atom stereocenters. The Hall–Kier alpha value is -2.80. The van der Waals surface area contributed by atoms with Crippen molar-refractivity contribution in [2.45, 2.75) is 43.4 Å². The van der Waals surface area contributed by atoms with E-state index >= 15 is 0 Å². The van der Waals surface area contributed by atoms with Gasteiger partial charge in [0.2, 0.25) is 0 Å². The predicted octanol–water partition coefficient (Wildman–Crippen LogP) is 3.15. The van der Waals surface area contributed by atoms with E-state index in [1.807, 2.05) is 17.0 Å². The first-order valence-corrected chi connectivity index (χ1v) is 9.48. The molecule has 28 heavy (non-hydrogen) atoms. The molecule has 2 fully saturated rings. The number of rotatable bonds is 4. The summed E-state index contributed by atoms with van der Waals surface area (Å²) < 4.78 is 10.6. The van der Waals surface area contributed by atoms with Crippen LogP contribution in [0, 0.1) is 0 Å². The average molecular weight is 383 g/mol. The van der Waals surface area contributed by atoms with E-state index in [0.29, 0.717) is 30.0 Å². The standard InChI is InChI=1S/C21H25N3O4/c1-27-17-7-8-18(19(10-17)28-2)23-20(25)24-15-5-6-16(24)12-21(26,11-15)14-4-3-9-22-13-14/h3-4,7-10,13,15-16,26H,5-6,11-12H2,1-2H3,(H,23,25)/t15-,16+,21?. The smallest absolute Gasteiger partial charge is 0.322 e. The van der Waals surface area contributed by atoms with Gasteiger partial charge in [-0.1, -0.05) is 6.07 Å². The van der Waals surface area contributed by atoms with Crippen molar-refractivity contribution in [3.63, 3.8) is 0 Å². The molecule has 0 saturated carbocycles. The summed E-state index contributed by atoms with van der Waals surface area (Å²) in [5, 5.41) is 14.2. The lowest BCUT2D eigenvalue weighted by Crippen LogP contribution is -2.53. The number of anilines is 1. The van der Waals surface area contributed by atoms with E-state index in [-0.39, 0.29) is 18.1 Å². The number of methoxy groups -OCH3 is 2. The summed E-state index contributed by atoms with van der Waals surface area (Å²) in [4.78, 5) is 19.1. The van der Waals surface area contributed by atoms with Gasteiger partial charge in [0.25, 0.3) is 0 Å². The maximum Gasteiger partial charge on any atom is 0.322 e. The molecule has 7 heteroatoms. The van der Waals surface area contributed by atoms with Gasteiger partial charge in [-0.25, -0.2) is 4.79 Å². The highest BCUT2D eigenvalue weighted by Gasteiger charge is 2.50. The molecule has 2 bridgehead atoms. The maximum atomic E-state index is 13.0. The van der Waals surface area contributed by atoms with Gasteiger partial charge in [-0.3, -0.25) is 4.98 Å². The molecule has 1 aromatic carbocycles. The number of urea groups is 1. The van der Waals surface area contributed by atoms with Crippen molar-refractivity contribution < 1.29 is 19.4 Å². The van der Waals surface area contributed by atoms with Crippen LogP contribution in [0.3, 0.4) is 0 Å². The van der Waals surface area contributed by atoms with Gasteiger partial charge in [0.1, 0.15) is 11.5 Å². The minimum Gasteiger partial charge on any atom is -0.497 e. The number of hydrogen-bond donors (Lipinski definition) is 2. The van der Waals surface area contributed by atoms with Crippen LogP contribution in [0.5, 0.6) is 11.5 Å². The number of nitrogens with one attached hydrogen (secondary N) is 1. The molecule has 7 nitrogen and oxygen atoms in total. The fraction of sp³-hybridized carbons (Fsp3) is 0.429. The number of fused-ring (bicyclic) bond motifs is 2. The quantitative estimate of drug-likeness (QED) is 0.847. The highest BCUT2D eigenvalue weighted by atomic mass is 16.5. The average Bonchev–Trinajstić information content (AvgIpc) is 3.01. The van der Waals surface area contributed by atoms with Crippen LogP contribution in [0.25, 0.3) is 0 Å². The third kappa shape index (κ3) is 3.26. The van der Waals surface area contributed by atoms with Crippen molar-refractivity contribution in [1.82, 2.24) is 9.88 Å². The van der Waals surface area contributed by atoms with Crippen LogP contribution in [0.15, 0.2) is 42.7 Å². The number of piperidine rings is 1. The molecule has 0 radical (unpaired) electrons. The Balaban J connectivity index is 1.51. The van der Waals surface area contributed by atoms with Gasteiger partial charge in [0.15, 0.2) is 0 Å².